The average molecular weight is 252 g/mol. The molecule has 18 heavy (non-hydrogen) atoms. The molecule has 5 heteroatoms. The van der Waals surface area contributed by atoms with Crippen molar-refractivity contribution in [1.29, 1.82) is 0 Å². The Bertz CT molecular complexity index is 405. The second kappa shape index (κ2) is 6.86. The number of aliphatic hydroxyl groups excluding tert-OH is 1. The zero-order valence-corrected chi connectivity index (χ0v) is 10.8. The highest BCUT2D eigenvalue weighted by Gasteiger charge is 2.08. The summed E-state index contributed by atoms with van der Waals surface area (Å²) in [5.41, 5.74) is 7.52. The van der Waals surface area contributed by atoms with Crippen molar-refractivity contribution >= 4 is 17.3 Å². The average Bonchev–Trinajstić information content (AvgIpc) is 2.31. The summed E-state index contributed by atoms with van der Waals surface area (Å²) in [5, 5.41) is 12.2. The monoisotopic (exact) mass is 252 g/mol. The molecule has 100 valence electrons. The maximum atomic E-state index is 11.5. The molecule has 0 amide bonds. The first kappa shape index (κ1) is 14.3. The van der Waals surface area contributed by atoms with E-state index in [2.05, 4.69) is 5.32 Å². The predicted molar refractivity (Wildman–Crippen MR) is 71.6 cm³/mol. The Morgan fingerprint density at radius 3 is 2.83 bits per heavy atom. The van der Waals surface area contributed by atoms with Crippen LogP contribution < -0.4 is 11.1 Å². The summed E-state index contributed by atoms with van der Waals surface area (Å²) >= 11 is 0. The van der Waals surface area contributed by atoms with Crippen LogP contribution in [-0.4, -0.2) is 30.3 Å². The molecule has 0 aromatic heterocycles. The van der Waals surface area contributed by atoms with Gasteiger partial charge in [-0.1, -0.05) is 0 Å². The highest BCUT2D eigenvalue weighted by atomic mass is 16.5. The van der Waals surface area contributed by atoms with Crippen molar-refractivity contribution in [2.45, 2.75) is 26.4 Å². The fraction of sp³-hybridized carbons (Fsp3) is 0.462. The van der Waals surface area contributed by atoms with Gasteiger partial charge in [0.2, 0.25) is 0 Å². The minimum Gasteiger partial charge on any atom is -0.462 e. The molecule has 0 saturated carbocycles. The molecule has 1 aromatic rings. The van der Waals surface area contributed by atoms with Crippen LogP contribution in [0.5, 0.6) is 0 Å². The Morgan fingerprint density at radius 1 is 1.56 bits per heavy atom. The lowest BCUT2D eigenvalue weighted by molar-refractivity contribution is 0.0526. The molecule has 0 aliphatic rings. The molecular weight excluding hydrogens is 232 g/mol. The van der Waals surface area contributed by atoms with Crippen LogP contribution in [0.15, 0.2) is 18.2 Å². The van der Waals surface area contributed by atoms with Crippen LogP contribution in [0.25, 0.3) is 0 Å². The quantitative estimate of drug-likeness (QED) is 0.529. The lowest BCUT2D eigenvalue weighted by Crippen LogP contribution is -2.11. The van der Waals surface area contributed by atoms with Crippen molar-refractivity contribution in [1.82, 2.24) is 0 Å². The molecule has 0 aliphatic carbocycles. The molecule has 4 N–H and O–H groups in total. The Hall–Kier alpha value is -1.75. The van der Waals surface area contributed by atoms with Gasteiger partial charge in [-0.25, -0.2) is 4.79 Å². The van der Waals surface area contributed by atoms with Crippen LogP contribution in [0.3, 0.4) is 0 Å². The molecular formula is C13H20N2O3. The summed E-state index contributed by atoms with van der Waals surface area (Å²) in [7, 11) is 0. The molecule has 0 aliphatic heterocycles. The highest BCUT2D eigenvalue weighted by molar-refractivity contribution is 5.91. The number of hydrogen-bond donors (Lipinski definition) is 3. The molecule has 1 unspecified atom stereocenters. The number of esters is 1. The normalized spacial score (nSPS) is 11.9. The van der Waals surface area contributed by atoms with Crippen molar-refractivity contribution < 1.29 is 14.6 Å². The van der Waals surface area contributed by atoms with Gasteiger partial charge in [0.05, 0.1) is 29.6 Å². The fourth-order valence-corrected chi connectivity index (χ4v) is 1.48. The van der Waals surface area contributed by atoms with Gasteiger partial charge in [0.1, 0.15) is 0 Å². The van der Waals surface area contributed by atoms with Gasteiger partial charge < -0.3 is 20.9 Å². The van der Waals surface area contributed by atoms with Gasteiger partial charge in [-0.15, -0.1) is 0 Å². The number of carbonyl (C=O) groups excluding carboxylic acids is 1. The third-order valence-electron chi connectivity index (χ3n) is 2.44. The van der Waals surface area contributed by atoms with Crippen LogP contribution >= 0.6 is 0 Å². The van der Waals surface area contributed by atoms with E-state index in [1.165, 1.54) is 0 Å². The van der Waals surface area contributed by atoms with Crippen molar-refractivity contribution in [3.05, 3.63) is 23.8 Å². The second-order valence-electron chi connectivity index (χ2n) is 4.09. The lowest BCUT2D eigenvalue weighted by Gasteiger charge is -2.11. The zero-order chi connectivity index (χ0) is 13.5. The number of rotatable bonds is 6. The van der Waals surface area contributed by atoms with E-state index in [0.29, 0.717) is 30.8 Å². The van der Waals surface area contributed by atoms with E-state index in [-0.39, 0.29) is 12.1 Å². The second-order valence-corrected chi connectivity index (χ2v) is 4.09. The van der Waals surface area contributed by atoms with Crippen LogP contribution in [0, 0.1) is 0 Å². The molecule has 0 saturated heterocycles. The summed E-state index contributed by atoms with van der Waals surface area (Å²) in [6.45, 7) is 4.45. The number of ether oxygens (including phenoxy) is 1. The van der Waals surface area contributed by atoms with Gasteiger partial charge in [-0.2, -0.15) is 0 Å². The smallest absolute Gasteiger partial charge is 0.338 e. The standard InChI is InChI=1S/C13H20N2O3/c1-3-18-13(17)10-4-5-12(11(14)8-10)15-7-6-9(2)16/h4-5,8-9,15-16H,3,6-7,14H2,1-2H3. The fourth-order valence-electron chi connectivity index (χ4n) is 1.48. The van der Waals surface area contributed by atoms with Gasteiger partial charge in [0, 0.05) is 6.54 Å². The Kier molecular flexibility index (Phi) is 5.45. The molecule has 0 bridgehead atoms. The maximum absolute atomic E-state index is 11.5. The third kappa shape index (κ3) is 4.25. The zero-order valence-electron chi connectivity index (χ0n) is 10.8. The van der Waals surface area contributed by atoms with Crippen LogP contribution in [0.4, 0.5) is 11.4 Å². The summed E-state index contributed by atoms with van der Waals surface area (Å²) in [6.07, 6.45) is 0.288. The van der Waals surface area contributed by atoms with Crippen LogP contribution in [0.2, 0.25) is 0 Å². The number of benzene rings is 1. The first-order valence-electron chi connectivity index (χ1n) is 6.03. The van der Waals surface area contributed by atoms with Crippen molar-refractivity contribution in [3.8, 4) is 0 Å². The molecule has 0 radical (unpaired) electrons. The van der Waals surface area contributed by atoms with E-state index >= 15 is 0 Å². The van der Waals surface area contributed by atoms with Gasteiger partial charge in [0.25, 0.3) is 0 Å². The molecule has 0 heterocycles. The Morgan fingerprint density at radius 2 is 2.28 bits per heavy atom. The Labute approximate surface area is 107 Å². The van der Waals surface area contributed by atoms with Crippen molar-refractivity contribution in [2.75, 3.05) is 24.2 Å². The Balaban J connectivity index is 2.65. The van der Waals surface area contributed by atoms with Gasteiger partial charge >= 0.3 is 5.97 Å². The number of nitrogens with two attached hydrogens (primary N) is 1. The van der Waals surface area contributed by atoms with E-state index in [0.717, 1.165) is 5.69 Å². The summed E-state index contributed by atoms with van der Waals surface area (Å²) < 4.78 is 4.89. The maximum Gasteiger partial charge on any atom is 0.338 e. The van der Waals surface area contributed by atoms with Gasteiger partial charge in [-0.05, 0) is 38.5 Å². The van der Waals surface area contributed by atoms with Gasteiger partial charge in [0.15, 0.2) is 0 Å². The summed E-state index contributed by atoms with van der Waals surface area (Å²) in [5.74, 6) is -0.375. The number of aliphatic hydroxyl groups is 1. The topological polar surface area (TPSA) is 84.6 Å². The molecule has 0 spiro atoms. The molecule has 0 fully saturated rings. The minimum absolute atomic E-state index is 0.340. The van der Waals surface area contributed by atoms with Gasteiger partial charge in [-0.3, -0.25) is 0 Å². The highest BCUT2D eigenvalue weighted by Crippen LogP contribution is 2.20. The van der Waals surface area contributed by atoms with E-state index in [1.54, 1.807) is 32.0 Å². The molecule has 1 rings (SSSR count). The predicted octanol–water partition coefficient (Wildman–Crippen LogP) is 1.63. The number of nitrogen functional groups attached to an aromatic ring is 1. The van der Waals surface area contributed by atoms with E-state index in [4.69, 9.17) is 15.6 Å². The SMILES string of the molecule is CCOC(=O)c1ccc(NCCC(C)O)c(N)c1. The summed E-state index contributed by atoms with van der Waals surface area (Å²) in [4.78, 5) is 11.5. The first-order valence-corrected chi connectivity index (χ1v) is 6.03. The first-order chi connectivity index (χ1) is 8.54. The molecule has 1 aromatic carbocycles. The third-order valence-corrected chi connectivity index (χ3v) is 2.44. The number of anilines is 2. The number of carbonyl (C=O) groups is 1. The summed E-state index contributed by atoms with van der Waals surface area (Å²) in [6, 6.07) is 4.99. The largest absolute Gasteiger partial charge is 0.462 e. The lowest BCUT2D eigenvalue weighted by atomic mass is 10.1. The van der Waals surface area contributed by atoms with E-state index in [9.17, 15) is 4.79 Å². The molecule has 5 nitrogen and oxygen atoms in total. The van der Waals surface area contributed by atoms with E-state index in [1.807, 2.05) is 0 Å². The van der Waals surface area contributed by atoms with Crippen molar-refractivity contribution in [2.24, 2.45) is 0 Å². The van der Waals surface area contributed by atoms with Crippen LogP contribution in [0.1, 0.15) is 30.6 Å². The number of nitrogens with one attached hydrogen (secondary N) is 1. The molecule has 1 atom stereocenters. The minimum atomic E-state index is -0.375. The van der Waals surface area contributed by atoms with Crippen molar-refractivity contribution in [3.63, 3.8) is 0 Å². The van der Waals surface area contributed by atoms with E-state index < -0.39 is 0 Å². The number of hydrogen-bond acceptors (Lipinski definition) is 5. The van der Waals surface area contributed by atoms with Crippen LogP contribution in [-0.2, 0) is 4.74 Å².